The Morgan fingerprint density at radius 1 is 1.18 bits per heavy atom. The molecule has 96 valence electrons. The maximum atomic E-state index is 5.69. The number of nitrogens with two attached hydrogens (primary N) is 1. The number of hydrogen-bond donors (Lipinski definition) is 2. The lowest BCUT2D eigenvalue weighted by atomic mass is 9.49. The Morgan fingerprint density at radius 3 is 2.18 bits per heavy atom. The molecule has 0 unspecified atom stereocenters. The number of guanidine groups is 1. The van der Waals surface area contributed by atoms with Gasteiger partial charge >= 0.3 is 0 Å². The molecule has 4 bridgehead atoms. The van der Waals surface area contributed by atoms with Gasteiger partial charge in [-0.2, -0.15) is 0 Å². The van der Waals surface area contributed by atoms with Crippen molar-refractivity contribution in [2.45, 2.75) is 44.9 Å². The van der Waals surface area contributed by atoms with Crippen molar-refractivity contribution in [3.8, 4) is 0 Å². The molecule has 0 spiro atoms. The average molecular weight is 235 g/mol. The summed E-state index contributed by atoms with van der Waals surface area (Å²) in [5.41, 5.74) is 6.35. The van der Waals surface area contributed by atoms with E-state index in [0.29, 0.717) is 11.4 Å². The van der Waals surface area contributed by atoms with Crippen LogP contribution in [-0.4, -0.2) is 19.6 Å². The maximum absolute atomic E-state index is 5.69. The predicted molar refractivity (Wildman–Crippen MR) is 70.8 cm³/mol. The van der Waals surface area contributed by atoms with Gasteiger partial charge in [0.15, 0.2) is 5.96 Å². The van der Waals surface area contributed by atoms with E-state index < -0.39 is 0 Å². The summed E-state index contributed by atoms with van der Waals surface area (Å²) < 4.78 is 0. The lowest BCUT2D eigenvalue weighted by Crippen LogP contribution is -2.47. The van der Waals surface area contributed by atoms with E-state index in [1.165, 1.54) is 44.9 Å². The Hall–Kier alpha value is -0.730. The molecule has 0 heterocycles. The van der Waals surface area contributed by atoms with Gasteiger partial charge in [0.05, 0.1) is 0 Å². The molecule has 3 heteroatoms. The third-order valence-electron chi connectivity index (χ3n) is 5.37. The highest BCUT2D eigenvalue weighted by Crippen LogP contribution is 2.61. The van der Waals surface area contributed by atoms with Crippen molar-refractivity contribution >= 4 is 5.96 Å². The van der Waals surface area contributed by atoms with Crippen LogP contribution >= 0.6 is 0 Å². The molecule has 0 amide bonds. The SMILES string of the molecule is CN=C(N)NCCC12CC3CC(CC(C3)C1)C2. The molecule has 0 aliphatic heterocycles. The minimum Gasteiger partial charge on any atom is -0.370 e. The van der Waals surface area contributed by atoms with Crippen LogP contribution in [0.3, 0.4) is 0 Å². The second kappa shape index (κ2) is 4.18. The van der Waals surface area contributed by atoms with Crippen molar-refractivity contribution in [3.05, 3.63) is 0 Å². The normalized spacial score (nSPS) is 44.1. The molecule has 4 aliphatic carbocycles. The molecule has 3 nitrogen and oxygen atoms in total. The first-order chi connectivity index (χ1) is 8.19. The van der Waals surface area contributed by atoms with Gasteiger partial charge in [-0.3, -0.25) is 4.99 Å². The van der Waals surface area contributed by atoms with Gasteiger partial charge < -0.3 is 11.1 Å². The maximum Gasteiger partial charge on any atom is 0.188 e. The van der Waals surface area contributed by atoms with Crippen LogP contribution in [0, 0.1) is 23.2 Å². The van der Waals surface area contributed by atoms with Crippen LogP contribution in [0.25, 0.3) is 0 Å². The number of nitrogens with zero attached hydrogens (tertiary/aromatic N) is 1. The van der Waals surface area contributed by atoms with Crippen LogP contribution in [0.15, 0.2) is 4.99 Å². The van der Waals surface area contributed by atoms with Crippen LogP contribution in [0.5, 0.6) is 0 Å². The quantitative estimate of drug-likeness (QED) is 0.581. The zero-order valence-corrected chi connectivity index (χ0v) is 10.9. The second-order valence-electron chi connectivity index (χ2n) is 6.70. The molecule has 4 saturated carbocycles. The molecule has 0 aromatic heterocycles. The van der Waals surface area contributed by atoms with E-state index >= 15 is 0 Å². The van der Waals surface area contributed by atoms with Crippen LogP contribution in [-0.2, 0) is 0 Å². The standard InChI is InChI=1S/C14H25N3/c1-16-13(15)17-3-2-14-7-10-4-11(8-14)6-12(5-10)9-14/h10-12H,2-9H2,1H3,(H3,15,16,17). The highest BCUT2D eigenvalue weighted by atomic mass is 15.1. The fourth-order valence-corrected chi connectivity index (χ4v) is 5.13. The summed E-state index contributed by atoms with van der Waals surface area (Å²) in [6.07, 6.45) is 10.4. The summed E-state index contributed by atoms with van der Waals surface area (Å²) >= 11 is 0. The van der Waals surface area contributed by atoms with Gasteiger partial charge in [0, 0.05) is 13.6 Å². The zero-order valence-electron chi connectivity index (χ0n) is 10.9. The van der Waals surface area contributed by atoms with Gasteiger partial charge in [-0.15, -0.1) is 0 Å². The van der Waals surface area contributed by atoms with E-state index in [4.69, 9.17) is 5.73 Å². The lowest BCUT2D eigenvalue weighted by Gasteiger charge is -2.57. The van der Waals surface area contributed by atoms with E-state index in [2.05, 4.69) is 10.3 Å². The molecule has 4 rings (SSSR count). The van der Waals surface area contributed by atoms with Crippen molar-refractivity contribution in [2.75, 3.05) is 13.6 Å². The first-order valence-electron chi connectivity index (χ1n) is 7.15. The van der Waals surface area contributed by atoms with Crippen molar-refractivity contribution < 1.29 is 0 Å². The first-order valence-corrected chi connectivity index (χ1v) is 7.15. The summed E-state index contributed by atoms with van der Waals surface area (Å²) in [4.78, 5) is 3.96. The Kier molecular flexibility index (Phi) is 2.80. The van der Waals surface area contributed by atoms with Gasteiger partial charge in [0.2, 0.25) is 0 Å². The van der Waals surface area contributed by atoms with E-state index in [1.54, 1.807) is 7.05 Å². The fourth-order valence-electron chi connectivity index (χ4n) is 5.13. The van der Waals surface area contributed by atoms with Gasteiger partial charge in [-0.05, 0) is 68.1 Å². The van der Waals surface area contributed by atoms with Gasteiger partial charge in [-0.25, -0.2) is 0 Å². The average Bonchev–Trinajstić information content (AvgIpc) is 2.26. The van der Waals surface area contributed by atoms with Crippen molar-refractivity contribution in [3.63, 3.8) is 0 Å². The third-order valence-corrected chi connectivity index (χ3v) is 5.37. The summed E-state index contributed by atoms with van der Waals surface area (Å²) in [7, 11) is 1.74. The molecular weight excluding hydrogens is 210 g/mol. The number of hydrogen-bond acceptors (Lipinski definition) is 1. The monoisotopic (exact) mass is 235 g/mol. The molecule has 0 aromatic rings. The minimum absolute atomic E-state index is 0.592. The summed E-state index contributed by atoms with van der Waals surface area (Å²) in [5.74, 6) is 3.75. The molecule has 0 aromatic carbocycles. The Bertz CT molecular complexity index is 286. The largest absolute Gasteiger partial charge is 0.370 e. The fraction of sp³-hybridized carbons (Fsp3) is 0.929. The van der Waals surface area contributed by atoms with Crippen molar-refractivity contribution in [1.29, 1.82) is 0 Å². The summed E-state index contributed by atoms with van der Waals surface area (Å²) in [5, 5.41) is 3.24. The van der Waals surface area contributed by atoms with E-state index in [1.807, 2.05) is 0 Å². The van der Waals surface area contributed by atoms with Crippen LogP contribution in [0.4, 0.5) is 0 Å². The molecule has 0 saturated heterocycles. The molecule has 3 N–H and O–H groups in total. The number of nitrogens with one attached hydrogen (secondary N) is 1. The summed E-state index contributed by atoms with van der Waals surface area (Å²) in [6, 6.07) is 0. The molecular formula is C14H25N3. The molecule has 4 fully saturated rings. The Labute approximate surface area is 104 Å². The highest BCUT2D eigenvalue weighted by molar-refractivity contribution is 5.77. The molecule has 4 aliphatic rings. The lowest BCUT2D eigenvalue weighted by molar-refractivity contribution is -0.0562. The van der Waals surface area contributed by atoms with Crippen LogP contribution in [0.1, 0.15) is 44.9 Å². The number of aliphatic imine (C=N–C) groups is 1. The zero-order chi connectivity index (χ0) is 11.9. The van der Waals surface area contributed by atoms with Crippen LogP contribution < -0.4 is 11.1 Å². The van der Waals surface area contributed by atoms with E-state index in [0.717, 1.165) is 24.3 Å². The topological polar surface area (TPSA) is 50.4 Å². The smallest absolute Gasteiger partial charge is 0.188 e. The van der Waals surface area contributed by atoms with E-state index in [-0.39, 0.29) is 0 Å². The van der Waals surface area contributed by atoms with Crippen molar-refractivity contribution in [1.82, 2.24) is 5.32 Å². The molecule has 0 radical (unpaired) electrons. The van der Waals surface area contributed by atoms with Gasteiger partial charge in [0.25, 0.3) is 0 Å². The molecule has 17 heavy (non-hydrogen) atoms. The van der Waals surface area contributed by atoms with Gasteiger partial charge in [-0.1, -0.05) is 0 Å². The molecule has 0 atom stereocenters. The Morgan fingerprint density at radius 2 is 1.71 bits per heavy atom. The second-order valence-corrected chi connectivity index (χ2v) is 6.70. The number of rotatable bonds is 3. The van der Waals surface area contributed by atoms with E-state index in [9.17, 15) is 0 Å². The van der Waals surface area contributed by atoms with Gasteiger partial charge in [0.1, 0.15) is 0 Å². The summed E-state index contributed by atoms with van der Waals surface area (Å²) in [6.45, 7) is 1.01. The third kappa shape index (κ3) is 2.16. The Balaban J connectivity index is 1.59. The minimum atomic E-state index is 0.592. The predicted octanol–water partition coefficient (Wildman–Crippen LogP) is 2.13. The van der Waals surface area contributed by atoms with Crippen molar-refractivity contribution in [2.24, 2.45) is 33.9 Å². The van der Waals surface area contributed by atoms with Crippen LogP contribution in [0.2, 0.25) is 0 Å². The first kappa shape index (κ1) is 11.4. The highest BCUT2D eigenvalue weighted by Gasteiger charge is 2.50.